The van der Waals surface area contributed by atoms with Crippen LogP contribution >= 0.6 is 11.5 Å². The average molecular weight is 260 g/mol. The van der Waals surface area contributed by atoms with Crippen LogP contribution in [0.3, 0.4) is 0 Å². The first-order valence-electron chi connectivity index (χ1n) is 5.50. The molecule has 5 heteroatoms. The molecule has 0 aliphatic heterocycles. The molecule has 0 radical (unpaired) electrons. The summed E-state index contributed by atoms with van der Waals surface area (Å²) in [5.74, 6) is -0.351. The highest BCUT2D eigenvalue weighted by Gasteiger charge is 2.04. The Bertz CT molecular complexity index is 550. The lowest BCUT2D eigenvalue weighted by Crippen LogP contribution is -1.98. The van der Waals surface area contributed by atoms with Crippen molar-refractivity contribution in [3.05, 3.63) is 41.7 Å². The lowest BCUT2D eigenvalue weighted by atomic mass is 10.1. The monoisotopic (exact) mass is 260 g/mol. The molecule has 0 fully saturated rings. The van der Waals surface area contributed by atoms with Crippen LogP contribution in [-0.2, 0) is 9.53 Å². The van der Waals surface area contributed by atoms with Crippen LogP contribution in [0.2, 0.25) is 0 Å². The smallest absolute Gasteiger partial charge is 0.330 e. The number of carbonyl (C=O) groups is 1. The zero-order valence-electron chi connectivity index (χ0n) is 9.87. The maximum Gasteiger partial charge on any atom is 0.330 e. The summed E-state index contributed by atoms with van der Waals surface area (Å²) in [5, 5.41) is 1.96. The van der Waals surface area contributed by atoms with Crippen molar-refractivity contribution >= 4 is 23.6 Å². The molecule has 0 spiro atoms. The van der Waals surface area contributed by atoms with Crippen LogP contribution in [0.1, 0.15) is 12.5 Å². The minimum Gasteiger partial charge on any atom is -0.463 e. The van der Waals surface area contributed by atoms with Crippen molar-refractivity contribution in [1.29, 1.82) is 0 Å². The first-order valence-corrected chi connectivity index (χ1v) is 6.33. The van der Waals surface area contributed by atoms with E-state index < -0.39 is 0 Å². The van der Waals surface area contributed by atoms with Crippen molar-refractivity contribution in [2.75, 3.05) is 6.61 Å². The number of aromatic nitrogens is 2. The highest BCUT2D eigenvalue weighted by molar-refractivity contribution is 7.03. The summed E-state index contributed by atoms with van der Waals surface area (Å²) in [5.41, 5.74) is 2.89. The van der Waals surface area contributed by atoms with Crippen LogP contribution in [0.5, 0.6) is 0 Å². The predicted octanol–water partition coefficient (Wildman–Crippen LogP) is 2.78. The van der Waals surface area contributed by atoms with E-state index in [1.807, 2.05) is 11.4 Å². The van der Waals surface area contributed by atoms with Crippen LogP contribution < -0.4 is 0 Å². The third-order valence-corrected chi connectivity index (χ3v) is 2.87. The van der Waals surface area contributed by atoms with E-state index in [1.165, 1.54) is 17.6 Å². The van der Waals surface area contributed by atoms with E-state index in [-0.39, 0.29) is 5.97 Å². The molecular formula is C13H12N2O2S. The SMILES string of the molecule is CCOC(=O)/C=C/c1cnccc1-c1cnsc1. The number of hydrogen-bond donors (Lipinski definition) is 0. The molecule has 0 aliphatic carbocycles. The van der Waals surface area contributed by atoms with Gasteiger partial charge in [-0.1, -0.05) is 0 Å². The Balaban J connectivity index is 2.26. The summed E-state index contributed by atoms with van der Waals surface area (Å²) in [6, 6.07) is 1.90. The molecule has 0 amide bonds. The minimum absolute atomic E-state index is 0.351. The third-order valence-electron chi connectivity index (χ3n) is 2.28. The molecule has 2 heterocycles. The Labute approximate surface area is 109 Å². The molecule has 2 aromatic heterocycles. The van der Waals surface area contributed by atoms with E-state index in [0.717, 1.165) is 16.7 Å². The quantitative estimate of drug-likeness (QED) is 0.626. The van der Waals surface area contributed by atoms with Crippen LogP contribution in [0.25, 0.3) is 17.2 Å². The van der Waals surface area contributed by atoms with Gasteiger partial charge in [-0.15, -0.1) is 0 Å². The average Bonchev–Trinajstić information content (AvgIpc) is 2.91. The normalized spacial score (nSPS) is 10.7. The molecule has 0 N–H and O–H groups in total. The summed E-state index contributed by atoms with van der Waals surface area (Å²) in [6.07, 6.45) is 8.33. The fraction of sp³-hybridized carbons (Fsp3) is 0.154. The van der Waals surface area contributed by atoms with Crippen molar-refractivity contribution in [3.8, 4) is 11.1 Å². The standard InChI is InChI=1S/C13H12N2O2S/c1-2-17-13(16)4-3-10-7-14-6-5-12(10)11-8-15-18-9-11/h3-9H,2H2,1H3/b4-3+. The Kier molecular flexibility index (Phi) is 4.20. The van der Waals surface area contributed by atoms with E-state index in [2.05, 4.69) is 9.36 Å². The number of rotatable bonds is 4. The van der Waals surface area contributed by atoms with Gasteiger partial charge in [0.25, 0.3) is 0 Å². The molecule has 0 bridgehead atoms. The van der Waals surface area contributed by atoms with Crippen LogP contribution in [0.15, 0.2) is 36.1 Å². The second-order valence-corrected chi connectivity index (χ2v) is 4.12. The molecule has 0 aromatic carbocycles. The maximum atomic E-state index is 11.3. The first-order chi connectivity index (χ1) is 8.81. The van der Waals surface area contributed by atoms with E-state index in [1.54, 1.807) is 31.6 Å². The summed E-state index contributed by atoms with van der Waals surface area (Å²) in [6.45, 7) is 2.15. The Morgan fingerprint density at radius 2 is 2.39 bits per heavy atom. The van der Waals surface area contributed by atoms with Gasteiger partial charge in [-0.3, -0.25) is 4.98 Å². The first kappa shape index (κ1) is 12.4. The molecular weight excluding hydrogens is 248 g/mol. The zero-order valence-corrected chi connectivity index (χ0v) is 10.7. The molecule has 0 saturated heterocycles. The number of pyridine rings is 1. The van der Waals surface area contributed by atoms with Crippen molar-refractivity contribution in [1.82, 2.24) is 9.36 Å². The molecule has 0 saturated carbocycles. The van der Waals surface area contributed by atoms with Crippen LogP contribution in [-0.4, -0.2) is 21.9 Å². The van der Waals surface area contributed by atoms with Gasteiger partial charge in [-0.2, -0.15) is 0 Å². The molecule has 92 valence electrons. The summed E-state index contributed by atoms with van der Waals surface area (Å²) in [7, 11) is 0. The highest BCUT2D eigenvalue weighted by Crippen LogP contribution is 2.24. The van der Waals surface area contributed by atoms with Gasteiger partial charge in [-0.25, -0.2) is 9.17 Å². The molecule has 2 rings (SSSR count). The number of carbonyl (C=O) groups excluding carboxylic acids is 1. The number of hydrogen-bond acceptors (Lipinski definition) is 5. The van der Waals surface area contributed by atoms with Gasteiger partial charge in [0.2, 0.25) is 0 Å². The molecule has 4 nitrogen and oxygen atoms in total. The maximum absolute atomic E-state index is 11.3. The number of ether oxygens (including phenoxy) is 1. The Morgan fingerprint density at radius 3 is 3.11 bits per heavy atom. The van der Waals surface area contributed by atoms with Gasteiger partial charge < -0.3 is 4.74 Å². The zero-order chi connectivity index (χ0) is 12.8. The number of nitrogens with zero attached hydrogens (tertiary/aromatic N) is 2. The predicted molar refractivity (Wildman–Crippen MR) is 71.0 cm³/mol. The molecule has 0 aliphatic rings. The lowest BCUT2D eigenvalue weighted by molar-refractivity contribution is -0.137. The third kappa shape index (κ3) is 3.01. The van der Waals surface area contributed by atoms with Gasteiger partial charge in [0, 0.05) is 41.2 Å². The Hall–Kier alpha value is -2.01. The molecule has 18 heavy (non-hydrogen) atoms. The van der Waals surface area contributed by atoms with E-state index in [4.69, 9.17) is 4.74 Å². The van der Waals surface area contributed by atoms with E-state index in [9.17, 15) is 4.79 Å². The second-order valence-electron chi connectivity index (χ2n) is 3.46. The van der Waals surface area contributed by atoms with Gasteiger partial charge in [0.15, 0.2) is 0 Å². The van der Waals surface area contributed by atoms with Gasteiger partial charge >= 0.3 is 5.97 Å². The molecule has 0 atom stereocenters. The van der Waals surface area contributed by atoms with Crippen LogP contribution in [0.4, 0.5) is 0 Å². The summed E-state index contributed by atoms with van der Waals surface area (Å²) >= 11 is 1.39. The van der Waals surface area contributed by atoms with Crippen molar-refractivity contribution in [3.63, 3.8) is 0 Å². The van der Waals surface area contributed by atoms with Gasteiger partial charge in [0.05, 0.1) is 6.61 Å². The highest BCUT2D eigenvalue weighted by atomic mass is 32.1. The fourth-order valence-electron chi connectivity index (χ4n) is 1.49. The lowest BCUT2D eigenvalue weighted by Gasteiger charge is -2.02. The van der Waals surface area contributed by atoms with Crippen molar-refractivity contribution in [2.24, 2.45) is 0 Å². The van der Waals surface area contributed by atoms with Gasteiger partial charge in [0.1, 0.15) is 0 Å². The molecule has 2 aromatic rings. The largest absolute Gasteiger partial charge is 0.463 e. The topological polar surface area (TPSA) is 52.1 Å². The molecule has 0 unspecified atom stereocenters. The van der Waals surface area contributed by atoms with Gasteiger partial charge in [-0.05, 0) is 36.2 Å². The van der Waals surface area contributed by atoms with Crippen LogP contribution in [0, 0.1) is 0 Å². The van der Waals surface area contributed by atoms with Crippen molar-refractivity contribution in [2.45, 2.75) is 6.92 Å². The summed E-state index contributed by atoms with van der Waals surface area (Å²) in [4.78, 5) is 15.3. The summed E-state index contributed by atoms with van der Waals surface area (Å²) < 4.78 is 8.91. The van der Waals surface area contributed by atoms with E-state index in [0.29, 0.717) is 6.61 Å². The second kappa shape index (κ2) is 6.07. The number of esters is 1. The Morgan fingerprint density at radius 1 is 1.50 bits per heavy atom. The minimum atomic E-state index is -0.351. The van der Waals surface area contributed by atoms with Crippen molar-refractivity contribution < 1.29 is 9.53 Å². The fourth-order valence-corrected chi connectivity index (χ4v) is 2.03. The van der Waals surface area contributed by atoms with E-state index >= 15 is 0 Å².